The van der Waals surface area contributed by atoms with Crippen molar-refractivity contribution in [2.45, 2.75) is 64.1 Å². The van der Waals surface area contributed by atoms with E-state index >= 15 is 0 Å². The summed E-state index contributed by atoms with van der Waals surface area (Å²) >= 11 is 0. The Morgan fingerprint density at radius 2 is 1.81 bits per heavy atom. The van der Waals surface area contributed by atoms with Crippen LogP contribution < -0.4 is 10.6 Å². The first-order valence-corrected chi connectivity index (χ1v) is 7.88. The van der Waals surface area contributed by atoms with E-state index in [0.29, 0.717) is 0 Å². The van der Waals surface area contributed by atoms with E-state index in [1.54, 1.807) is 0 Å². The van der Waals surface area contributed by atoms with Crippen LogP contribution in [0.15, 0.2) is 24.3 Å². The third-order valence-electron chi connectivity index (χ3n) is 4.19. The van der Waals surface area contributed by atoms with E-state index < -0.39 is 6.10 Å². The molecule has 2 rings (SSSR count). The highest BCUT2D eigenvalue weighted by atomic mass is 16.3. The predicted molar refractivity (Wildman–Crippen MR) is 84.1 cm³/mol. The van der Waals surface area contributed by atoms with Gasteiger partial charge in [-0.2, -0.15) is 0 Å². The van der Waals surface area contributed by atoms with Crippen molar-refractivity contribution in [3.05, 3.63) is 35.4 Å². The monoisotopic (exact) mass is 290 g/mol. The van der Waals surface area contributed by atoms with Gasteiger partial charge < -0.3 is 15.7 Å². The first-order valence-electron chi connectivity index (χ1n) is 7.88. The number of rotatable bonds is 4. The number of carbonyl (C=O) groups is 1. The maximum atomic E-state index is 12.0. The van der Waals surface area contributed by atoms with Gasteiger partial charge in [-0.3, -0.25) is 0 Å². The Morgan fingerprint density at radius 3 is 2.43 bits per heavy atom. The number of urea groups is 1. The second-order valence-corrected chi connectivity index (χ2v) is 6.10. The van der Waals surface area contributed by atoms with Gasteiger partial charge in [0, 0.05) is 6.04 Å². The highest BCUT2D eigenvalue weighted by Gasteiger charge is 2.20. The SMILES string of the molecule is Cc1ccc(C(O)C(C)NC(=O)NC2CCCCC2)cc1. The molecule has 21 heavy (non-hydrogen) atoms. The minimum absolute atomic E-state index is 0.180. The van der Waals surface area contributed by atoms with Crippen molar-refractivity contribution in [3.63, 3.8) is 0 Å². The second kappa shape index (κ2) is 7.46. The fourth-order valence-electron chi connectivity index (χ4n) is 2.81. The van der Waals surface area contributed by atoms with Crippen LogP contribution in [-0.4, -0.2) is 23.2 Å². The highest BCUT2D eigenvalue weighted by molar-refractivity contribution is 5.74. The molecule has 0 aromatic heterocycles. The van der Waals surface area contributed by atoms with Gasteiger partial charge in [-0.05, 0) is 32.3 Å². The molecule has 116 valence electrons. The summed E-state index contributed by atoms with van der Waals surface area (Å²) in [6, 6.07) is 7.51. The van der Waals surface area contributed by atoms with Crippen LogP contribution in [0.5, 0.6) is 0 Å². The van der Waals surface area contributed by atoms with Crippen molar-refractivity contribution >= 4 is 6.03 Å². The number of aliphatic hydroxyl groups is 1. The highest BCUT2D eigenvalue weighted by Crippen LogP contribution is 2.19. The van der Waals surface area contributed by atoms with Crippen LogP contribution >= 0.6 is 0 Å². The Labute approximate surface area is 126 Å². The summed E-state index contributed by atoms with van der Waals surface area (Å²) in [5.41, 5.74) is 1.98. The van der Waals surface area contributed by atoms with E-state index in [0.717, 1.165) is 24.0 Å². The van der Waals surface area contributed by atoms with Crippen molar-refractivity contribution in [1.29, 1.82) is 0 Å². The zero-order valence-electron chi connectivity index (χ0n) is 12.9. The Hall–Kier alpha value is -1.55. The Kier molecular flexibility index (Phi) is 5.62. The molecule has 2 atom stereocenters. The first kappa shape index (κ1) is 15.8. The Balaban J connectivity index is 1.83. The number of amides is 2. The lowest BCUT2D eigenvalue weighted by Crippen LogP contribution is -2.47. The van der Waals surface area contributed by atoms with Crippen LogP contribution in [0.4, 0.5) is 4.79 Å². The molecule has 1 saturated carbocycles. The maximum Gasteiger partial charge on any atom is 0.315 e. The van der Waals surface area contributed by atoms with Crippen LogP contribution in [-0.2, 0) is 0 Å². The number of hydrogen-bond donors (Lipinski definition) is 3. The summed E-state index contributed by atoms with van der Waals surface area (Å²) in [5, 5.41) is 16.1. The van der Waals surface area contributed by atoms with Crippen LogP contribution in [0.3, 0.4) is 0 Å². The minimum atomic E-state index is -0.692. The molecule has 1 aliphatic rings. The Bertz CT molecular complexity index is 452. The molecule has 4 nitrogen and oxygen atoms in total. The molecular formula is C17H26N2O2. The van der Waals surface area contributed by atoms with Crippen molar-refractivity contribution in [1.82, 2.24) is 10.6 Å². The van der Waals surface area contributed by atoms with Crippen molar-refractivity contribution in [2.24, 2.45) is 0 Å². The standard InChI is InChI=1S/C17H26N2O2/c1-12-8-10-14(11-9-12)16(20)13(2)18-17(21)19-15-6-4-3-5-7-15/h8-11,13,15-16,20H,3-7H2,1-2H3,(H2,18,19,21). The minimum Gasteiger partial charge on any atom is -0.386 e. The van der Waals surface area contributed by atoms with E-state index in [2.05, 4.69) is 10.6 Å². The van der Waals surface area contributed by atoms with Gasteiger partial charge in [0.25, 0.3) is 0 Å². The largest absolute Gasteiger partial charge is 0.386 e. The lowest BCUT2D eigenvalue weighted by Gasteiger charge is -2.25. The summed E-state index contributed by atoms with van der Waals surface area (Å²) in [6.45, 7) is 3.83. The van der Waals surface area contributed by atoms with Crippen molar-refractivity contribution in [2.75, 3.05) is 0 Å². The molecule has 1 aromatic rings. The lowest BCUT2D eigenvalue weighted by molar-refractivity contribution is 0.136. The van der Waals surface area contributed by atoms with Gasteiger partial charge in [-0.25, -0.2) is 4.79 Å². The zero-order chi connectivity index (χ0) is 15.2. The molecule has 0 aliphatic heterocycles. The van der Waals surface area contributed by atoms with Gasteiger partial charge in [0.2, 0.25) is 0 Å². The van der Waals surface area contributed by atoms with Gasteiger partial charge in [-0.15, -0.1) is 0 Å². The quantitative estimate of drug-likeness (QED) is 0.798. The topological polar surface area (TPSA) is 61.4 Å². The number of nitrogens with one attached hydrogen (secondary N) is 2. The molecule has 2 unspecified atom stereocenters. The normalized spacial score (nSPS) is 18.8. The third-order valence-corrected chi connectivity index (χ3v) is 4.19. The number of aliphatic hydroxyl groups excluding tert-OH is 1. The van der Waals surface area contributed by atoms with Crippen molar-refractivity contribution in [3.8, 4) is 0 Å². The molecule has 3 N–H and O–H groups in total. The summed E-state index contributed by atoms with van der Waals surface area (Å²) in [7, 11) is 0. The number of benzene rings is 1. The Morgan fingerprint density at radius 1 is 1.19 bits per heavy atom. The van der Waals surface area contributed by atoms with Crippen LogP contribution in [0.2, 0.25) is 0 Å². The maximum absolute atomic E-state index is 12.0. The second-order valence-electron chi connectivity index (χ2n) is 6.10. The summed E-state index contributed by atoms with van der Waals surface area (Å²) in [5.74, 6) is 0. The van der Waals surface area contributed by atoms with E-state index in [1.807, 2.05) is 38.1 Å². The van der Waals surface area contributed by atoms with E-state index in [1.165, 1.54) is 19.3 Å². The molecule has 2 amide bonds. The average Bonchev–Trinajstić information content (AvgIpc) is 2.48. The number of aryl methyl sites for hydroxylation is 1. The molecule has 1 fully saturated rings. The van der Waals surface area contributed by atoms with E-state index in [4.69, 9.17) is 0 Å². The van der Waals surface area contributed by atoms with Crippen LogP contribution in [0.1, 0.15) is 56.3 Å². The predicted octanol–water partition coefficient (Wildman–Crippen LogP) is 3.05. The molecule has 0 bridgehead atoms. The lowest BCUT2D eigenvalue weighted by atomic mass is 9.96. The number of carbonyl (C=O) groups excluding carboxylic acids is 1. The smallest absolute Gasteiger partial charge is 0.315 e. The summed E-state index contributed by atoms with van der Waals surface area (Å²) < 4.78 is 0. The van der Waals surface area contributed by atoms with Crippen LogP contribution in [0, 0.1) is 6.92 Å². The molecule has 1 aromatic carbocycles. The van der Waals surface area contributed by atoms with Gasteiger partial charge in [0.05, 0.1) is 12.1 Å². The molecule has 0 spiro atoms. The fraction of sp³-hybridized carbons (Fsp3) is 0.588. The first-order chi connectivity index (χ1) is 10.1. The molecule has 1 aliphatic carbocycles. The molecule has 0 heterocycles. The van der Waals surface area contributed by atoms with Gasteiger partial charge in [0.15, 0.2) is 0 Å². The molecular weight excluding hydrogens is 264 g/mol. The zero-order valence-corrected chi connectivity index (χ0v) is 12.9. The molecule has 4 heteroatoms. The van der Waals surface area contributed by atoms with E-state index in [-0.39, 0.29) is 18.1 Å². The fourth-order valence-corrected chi connectivity index (χ4v) is 2.81. The number of hydrogen-bond acceptors (Lipinski definition) is 2. The summed E-state index contributed by atoms with van der Waals surface area (Å²) in [6.07, 6.45) is 5.06. The van der Waals surface area contributed by atoms with Gasteiger partial charge >= 0.3 is 6.03 Å². The van der Waals surface area contributed by atoms with Crippen molar-refractivity contribution < 1.29 is 9.90 Å². The van der Waals surface area contributed by atoms with E-state index in [9.17, 15) is 9.90 Å². The van der Waals surface area contributed by atoms with Gasteiger partial charge in [0.1, 0.15) is 0 Å². The molecule has 0 radical (unpaired) electrons. The third kappa shape index (κ3) is 4.74. The van der Waals surface area contributed by atoms with Gasteiger partial charge in [-0.1, -0.05) is 49.1 Å². The summed E-state index contributed by atoms with van der Waals surface area (Å²) in [4.78, 5) is 12.0. The molecule has 0 saturated heterocycles. The van der Waals surface area contributed by atoms with Crippen LogP contribution in [0.25, 0.3) is 0 Å². The average molecular weight is 290 g/mol.